The Kier molecular flexibility index (Phi) is 3.44. The van der Waals surface area contributed by atoms with Crippen molar-refractivity contribution in [2.75, 3.05) is 0 Å². The highest BCUT2D eigenvalue weighted by molar-refractivity contribution is 7.11. The third-order valence-corrected chi connectivity index (χ3v) is 4.62. The van der Waals surface area contributed by atoms with E-state index in [9.17, 15) is 0 Å². The number of aryl methyl sites for hydroxylation is 3. The van der Waals surface area contributed by atoms with Crippen molar-refractivity contribution in [1.29, 1.82) is 0 Å². The Morgan fingerprint density at radius 3 is 2.90 bits per heavy atom. The van der Waals surface area contributed by atoms with E-state index >= 15 is 0 Å². The van der Waals surface area contributed by atoms with Gasteiger partial charge in [-0.15, -0.1) is 11.3 Å². The summed E-state index contributed by atoms with van der Waals surface area (Å²) in [5.41, 5.74) is 4.05. The van der Waals surface area contributed by atoms with Gasteiger partial charge in [-0.25, -0.2) is 4.98 Å². The van der Waals surface area contributed by atoms with Crippen LogP contribution in [0.3, 0.4) is 0 Å². The molecule has 1 aliphatic carbocycles. The molecule has 0 atom stereocenters. The predicted octanol–water partition coefficient (Wildman–Crippen LogP) is 3.46. The second kappa shape index (κ2) is 5.25. The lowest BCUT2D eigenvalue weighted by Gasteiger charge is -2.06. The van der Waals surface area contributed by atoms with Gasteiger partial charge < -0.3 is 9.94 Å². The lowest BCUT2D eigenvalue weighted by molar-refractivity contribution is 0.305. The summed E-state index contributed by atoms with van der Waals surface area (Å²) in [5, 5.41) is 13.2. The van der Waals surface area contributed by atoms with E-state index in [4.69, 9.17) is 9.94 Å². The lowest BCUT2D eigenvalue weighted by atomic mass is 10.1. The van der Waals surface area contributed by atoms with Crippen LogP contribution in [0.2, 0.25) is 0 Å². The minimum absolute atomic E-state index is 0.499. The van der Waals surface area contributed by atoms with Crippen molar-refractivity contribution < 1.29 is 9.94 Å². The van der Waals surface area contributed by atoms with Gasteiger partial charge in [-0.2, -0.15) is 0 Å². The quantitative estimate of drug-likeness (QED) is 0.695. The van der Waals surface area contributed by atoms with Gasteiger partial charge in [0.25, 0.3) is 0 Å². The first-order chi connectivity index (χ1) is 9.67. The van der Waals surface area contributed by atoms with Gasteiger partial charge in [0.05, 0.1) is 11.4 Å². The van der Waals surface area contributed by atoms with Crippen LogP contribution in [-0.4, -0.2) is 15.9 Å². The Morgan fingerprint density at radius 2 is 2.20 bits per heavy atom. The van der Waals surface area contributed by atoms with Gasteiger partial charge in [-0.05, 0) is 50.5 Å². The fourth-order valence-electron chi connectivity index (χ4n) is 2.39. The Morgan fingerprint density at radius 1 is 1.35 bits per heavy atom. The number of thiazole rings is 1. The number of ether oxygens (including phenoxy) is 1. The maximum Gasteiger partial charge on any atom is 0.140 e. The molecule has 0 amide bonds. The second-order valence-corrected chi connectivity index (χ2v) is 6.19. The summed E-state index contributed by atoms with van der Waals surface area (Å²) in [5.74, 6) is 0.841. The third kappa shape index (κ3) is 2.41. The van der Waals surface area contributed by atoms with Crippen molar-refractivity contribution >= 4 is 17.0 Å². The number of fused-ring (bicyclic) bond motifs is 1. The van der Waals surface area contributed by atoms with Gasteiger partial charge in [-0.3, -0.25) is 0 Å². The van der Waals surface area contributed by atoms with Crippen molar-refractivity contribution in [3.8, 4) is 5.75 Å². The average Bonchev–Trinajstić information content (AvgIpc) is 3.00. The zero-order chi connectivity index (χ0) is 14.1. The van der Waals surface area contributed by atoms with Crippen LogP contribution in [0.15, 0.2) is 23.4 Å². The Bertz CT molecular complexity index is 657. The standard InChI is InChI=1S/C15H16N2O2S/c1-9-10(2)20-15(16-9)8-19-12-4-5-13-11(7-12)3-6-14(13)17-18/h4-5,7,18H,3,6,8H2,1-2H3/b17-14+. The van der Waals surface area contributed by atoms with E-state index in [2.05, 4.69) is 17.1 Å². The van der Waals surface area contributed by atoms with Crippen molar-refractivity contribution in [2.24, 2.45) is 5.16 Å². The average molecular weight is 288 g/mol. The van der Waals surface area contributed by atoms with Crippen LogP contribution < -0.4 is 4.74 Å². The second-order valence-electron chi connectivity index (χ2n) is 4.90. The molecule has 0 radical (unpaired) electrons. The first-order valence-electron chi connectivity index (χ1n) is 6.57. The Labute approximate surface area is 121 Å². The fourth-order valence-corrected chi connectivity index (χ4v) is 3.23. The van der Waals surface area contributed by atoms with E-state index < -0.39 is 0 Å². The van der Waals surface area contributed by atoms with E-state index in [1.165, 1.54) is 10.4 Å². The maximum absolute atomic E-state index is 8.91. The van der Waals surface area contributed by atoms with Crippen molar-refractivity contribution in [3.63, 3.8) is 0 Å². The van der Waals surface area contributed by atoms with Crippen LogP contribution in [0.1, 0.15) is 33.1 Å². The van der Waals surface area contributed by atoms with E-state index in [0.717, 1.165) is 40.6 Å². The lowest BCUT2D eigenvalue weighted by Crippen LogP contribution is -1.97. The van der Waals surface area contributed by atoms with Crippen molar-refractivity contribution in [1.82, 2.24) is 4.98 Å². The van der Waals surface area contributed by atoms with Gasteiger partial charge in [0, 0.05) is 10.4 Å². The molecule has 1 aliphatic rings. The predicted molar refractivity (Wildman–Crippen MR) is 79.0 cm³/mol. The molecule has 0 fully saturated rings. The molecule has 0 aliphatic heterocycles. The number of oxime groups is 1. The number of benzene rings is 1. The number of rotatable bonds is 3. The summed E-state index contributed by atoms with van der Waals surface area (Å²) in [6.07, 6.45) is 1.70. The molecule has 3 rings (SSSR count). The molecule has 0 spiro atoms. The zero-order valence-corrected chi connectivity index (χ0v) is 12.3. The summed E-state index contributed by atoms with van der Waals surface area (Å²) in [6.45, 7) is 4.58. The van der Waals surface area contributed by atoms with E-state index in [1.54, 1.807) is 11.3 Å². The molecular formula is C15H16N2O2S. The smallest absolute Gasteiger partial charge is 0.140 e. The topological polar surface area (TPSA) is 54.7 Å². The molecule has 0 saturated carbocycles. The van der Waals surface area contributed by atoms with Crippen LogP contribution >= 0.6 is 11.3 Å². The molecule has 1 heterocycles. The first kappa shape index (κ1) is 13.1. The summed E-state index contributed by atoms with van der Waals surface area (Å²) < 4.78 is 5.80. The van der Waals surface area contributed by atoms with Crippen LogP contribution in [0, 0.1) is 13.8 Å². The molecule has 2 aromatic rings. The summed E-state index contributed by atoms with van der Waals surface area (Å²) in [7, 11) is 0. The monoisotopic (exact) mass is 288 g/mol. The van der Waals surface area contributed by atoms with Gasteiger partial charge in [0.15, 0.2) is 0 Å². The number of aromatic nitrogens is 1. The molecule has 1 aromatic heterocycles. The molecule has 1 N–H and O–H groups in total. The molecule has 5 heteroatoms. The molecule has 4 nitrogen and oxygen atoms in total. The van der Waals surface area contributed by atoms with Crippen molar-refractivity contribution in [2.45, 2.75) is 33.3 Å². The Balaban J connectivity index is 1.73. The number of hydrogen-bond donors (Lipinski definition) is 1. The van der Waals surface area contributed by atoms with Crippen LogP contribution in [0.5, 0.6) is 5.75 Å². The number of hydrogen-bond acceptors (Lipinski definition) is 5. The highest BCUT2D eigenvalue weighted by Gasteiger charge is 2.18. The van der Waals surface area contributed by atoms with E-state index in [1.807, 2.05) is 25.1 Å². The molecule has 1 aromatic carbocycles. The molecule has 20 heavy (non-hydrogen) atoms. The van der Waals surface area contributed by atoms with Crippen LogP contribution in [0.4, 0.5) is 0 Å². The van der Waals surface area contributed by atoms with Gasteiger partial charge in [-0.1, -0.05) is 5.16 Å². The highest BCUT2D eigenvalue weighted by atomic mass is 32.1. The maximum atomic E-state index is 8.91. The molecule has 0 saturated heterocycles. The molecule has 0 unspecified atom stereocenters. The molecular weight excluding hydrogens is 272 g/mol. The Hall–Kier alpha value is -1.88. The minimum atomic E-state index is 0.499. The molecule has 0 bridgehead atoms. The molecule has 104 valence electrons. The highest BCUT2D eigenvalue weighted by Crippen LogP contribution is 2.27. The summed E-state index contributed by atoms with van der Waals surface area (Å²) in [4.78, 5) is 5.70. The van der Waals surface area contributed by atoms with Crippen molar-refractivity contribution in [3.05, 3.63) is 44.9 Å². The van der Waals surface area contributed by atoms with Gasteiger partial charge >= 0.3 is 0 Å². The van der Waals surface area contributed by atoms with Gasteiger partial charge in [0.2, 0.25) is 0 Å². The third-order valence-electron chi connectivity index (χ3n) is 3.57. The summed E-state index contributed by atoms with van der Waals surface area (Å²) in [6, 6.07) is 5.91. The normalized spacial score (nSPS) is 15.6. The fraction of sp³-hybridized carbons (Fsp3) is 0.333. The number of nitrogens with zero attached hydrogens (tertiary/aromatic N) is 2. The largest absolute Gasteiger partial charge is 0.486 e. The van der Waals surface area contributed by atoms with Crippen LogP contribution in [0.25, 0.3) is 0 Å². The van der Waals surface area contributed by atoms with Crippen LogP contribution in [-0.2, 0) is 13.0 Å². The zero-order valence-electron chi connectivity index (χ0n) is 11.5. The minimum Gasteiger partial charge on any atom is -0.486 e. The SMILES string of the molecule is Cc1nc(COc2ccc3c(c2)CC/C3=N\O)sc1C. The summed E-state index contributed by atoms with van der Waals surface area (Å²) >= 11 is 1.67. The van der Waals surface area contributed by atoms with E-state index in [0.29, 0.717) is 6.61 Å². The first-order valence-corrected chi connectivity index (χ1v) is 7.39. The van der Waals surface area contributed by atoms with Gasteiger partial charge in [0.1, 0.15) is 17.4 Å². The van der Waals surface area contributed by atoms with E-state index in [-0.39, 0.29) is 0 Å².